The van der Waals surface area contributed by atoms with E-state index < -0.39 is 0 Å². The maximum absolute atomic E-state index is 6.14. The van der Waals surface area contributed by atoms with Crippen LogP contribution >= 0.6 is 27.5 Å². The van der Waals surface area contributed by atoms with Gasteiger partial charge < -0.3 is 10.5 Å². The molecule has 1 aromatic carbocycles. The summed E-state index contributed by atoms with van der Waals surface area (Å²) in [7, 11) is 1.79. The van der Waals surface area contributed by atoms with Crippen LogP contribution in [-0.4, -0.2) is 37.2 Å². The lowest BCUT2D eigenvalue weighted by molar-refractivity contribution is -0.0608. The predicted octanol–water partition coefficient (Wildman–Crippen LogP) is 3.60. The lowest BCUT2D eigenvalue weighted by atomic mass is 9.92. The zero-order valence-corrected chi connectivity index (χ0v) is 14.4. The van der Waals surface area contributed by atoms with E-state index in [1.165, 1.54) is 0 Å². The summed E-state index contributed by atoms with van der Waals surface area (Å²) in [5.41, 5.74) is 7.10. The molecule has 0 aliphatic carbocycles. The number of benzene rings is 1. The second-order valence-electron chi connectivity index (χ2n) is 5.65. The number of piperidine rings is 1. The maximum atomic E-state index is 6.14. The third-order valence-electron chi connectivity index (χ3n) is 4.16. The lowest BCUT2D eigenvalue weighted by Gasteiger charge is -2.43. The molecule has 1 heterocycles. The summed E-state index contributed by atoms with van der Waals surface area (Å²) in [5, 5.41) is 0.744. The molecule has 1 aromatic rings. The quantitative estimate of drug-likeness (QED) is 0.890. The van der Waals surface area contributed by atoms with E-state index in [9.17, 15) is 0 Å². The highest BCUT2D eigenvalue weighted by atomic mass is 79.9. The van der Waals surface area contributed by atoms with Crippen molar-refractivity contribution in [2.75, 3.05) is 26.7 Å². The minimum atomic E-state index is -0.0866. The van der Waals surface area contributed by atoms with Gasteiger partial charge >= 0.3 is 0 Å². The van der Waals surface area contributed by atoms with E-state index in [4.69, 9.17) is 22.1 Å². The van der Waals surface area contributed by atoms with Gasteiger partial charge in [0.25, 0.3) is 0 Å². The number of methoxy groups -OCH3 is 1. The van der Waals surface area contributed by atoms with E-state index in [0.717, 1.165) is 41.0 Å². The highest BCUT2D eigenvalue weighted by Crippen LogP contribution is 2.34. The molecule has 1 aliphatic heterocycles. The Labute approximate surface area is 134 Å². The molecule has 5 heteroatoms. The lowest BCUT2D eigenvalue weighted by Crippen LogP contribution is -2.50. The second-order valence-corrected chi connectivity index (χ2v) is 6.94. The standard InChI is InChI=1S/C15H22BrClN2O/c1-15(20-2)6-3-7-19(10-15)14(9-18)12-8-11(17)4-5-13(12)16/h4-5,8,14H,3,6-7,9-10,18H2,1-2H3. The van der Waals surface area contributed by atoms with Crippen molar-refractivity contribution in [3.05, 3.63) is 33.3 Å². The summed E-state index contributed by atoms with van der Waals surface area (Å²) in [4.78, 5) is 2.41. The molecule has 20 heavy (non-hydrogen) atoms. The number of hydrogen-bond donors (Lipinski definition) is 1. The van der Waals surface area contributed by atoms with Gasteiger partial charge in [-0.05, 0) is 50.1 Å². The predicted molar refractivity (Wildman–Crippen MR) is 87.2 cm³/mol. The summed E-state index contributed by atoms with van der Waals surface area (Å²) in [5.74, 6) is 0. The first kappa shape index (κ1) is 16.2. The smallest absolute Gasteiger partial charge is 0.0777 e. The number of hydrogen-bond acceptors (Lipinski definition) is 3. The molecular weight excluding hydrogens is 340 g/mol. The fourth-order valence-corrected chi connectivity index (χ4v) is 3.61. The molecule has 0 radical (unpaired) electrons. The van der Waals surface area contributed by atoms with Crippen LogP contribution in [0.3, 0.4) is 0 Å². The van der Waals surface area contributed by atoms with Crippen molar-refractivity contribution in [2.45, 2.75) is 31.4 Å². The minimum Gasteiger partial charge on any atom is -0.377 e. The first-order valence-electron chi connectivity index (χ1n) is 6.93. The van der Waals surface area contributed by atoms with Crippen molar-refractivity contribution in [2.24, 2.45) is 5.73 Å². The summed E-state index contributed by atoms with van der Waals surface area (Å²) in [6, 6.07) is 6.04. The van der Waals surface area contributed by atoms with Gasteiger partial charge in [0, 0.05) is 35.7 Å². The number of rotatable bonds is 4. The van der Waals surface area contributed by atoms with E-state index in [2.05, 4.69) is 27.8 Å². The molecule has 1 saturated heterocycles. The third kappa shape index (κ3) is 3.55. The van der Waals surface area contributed by atoms with Crippen LogP contribution in [0.2, 0.25) is 5.02 Å². The van der Waals surface area contributed by atoms with E-state index in [0.29, 0.717) is 6.54 Å². The Morgan fingerprint density at radius 2 is 2.30 bits per heavy atom. The molecule has 112 valence electrons. The van der Waals surface area contributed by atoms with Crippen LogP contribution in [0.1, 0.15) is 31.4 Å². The second kappa shape index (κ2) is 6.75. The Bertz CT molecular complexity index is 471. The molecule has 3 nitrogen and oxygen atoms in total. The van der Waals surface area contributed by atoms with Crippen LogP contribution in [0.25, 0.3) is 0 Å². The van der Waals surface area contributed by atoms with Gasteiger partial charge in [-0.3, -0.25) is 4.90 Å². The highest BCUT2D eigenvalue weighted by Gasteiger charge is 2.34. The molecule has 0 bridgehead atoms. The molecule has 1 fully saturated rings. The molecule has 2 N–H and O–H groups in total. The molecule has 0 spiro atoms. The number of nitrogens with two attached hydrogens (primary N) is 1. The van der Waals surface area contributed by atoms with Crippen molar-refractivity contribution in [3.8, 4) is 0 Å². The Hall–Kier alpha value is -0.130. The largest absolute Gasteiger partial charge is 0.377 e. The molecule has 2 rings (SSSR count). The Kier molecular flexibility index (Phi) is 5.49. The molecule has 0 saturated carbocycles. The van der Waals surface area contributed by atoms with Gasteiger partial charge in [-0.25, -0.2) is 0 Å². The first-order valence-corrected chi connectivity index (χ1v) is 8.10. The van der Waals surface area contributed by atoms with Crippen LogP contribution in [0.5, 0.6) is 0 Å². The van der Waals surface area contributed by atoms with Crippen molar-refractivity contribution in [3.63, 3.8) is 0 Å². The Morgan fingerprint density at radius 3 is 2.95 bits per heavy atom. The maximum Gasteiger partial charge on any atom is 0.0777 e. The first-order chi connectivity index (χ1) is 9.49. The average Bonchev–Trinajstić information content (AvgIpc) is 2.44. The van der Waals surface area contributed by atoms with Crippen LogP contribution in [-0.2, 0) is 4.74 Å². The number of ether oxygens (including phenoxy) is 1. The Morgan fingerprint density at radius 1 is 1.55 bits per heavy atom. The molecule has 2 atom stereocenters. The van der Waals surface area contributed by atoms with Gasteiger partial charge in [0.2, 0.25) is 0 Å². The summed E-state index contributed by atoms with van der Waals surface area (Å²) in [6.45, 7) is 4.67. The van der Waals surface area contributed by atoms with Gasteiger partial charge in [0.15, 0.2) is 0 Å². The van der Waals surface area contributed by atoms with E-state index in [1.807, 2.05) is 18.2 Å². The number of likely N-dealkylation sites (tertiary alicyclic amines) is 1. The minimum absolute atomic E-state index is 0.0866. The summed E-state index contributed by atoms with van der Waals surface area (Å²) >= 11 is 9.75. The van der Waals surface area contributed by atoms with Gasteiger partial charge in [0.05, 0.1) is 5.60 Å². The van der Waals surface area contributed by atoms with E-state index in [1.54, 1.807) is 7.11 Å². The van der Waals surface area contributed by atoms with Crippen LogP contribution in [0, 0.1) is 0 Å². The normalized spacial score (nSPS) is 25.6. The van der Waals surface area contributed by atoms with Crippen molar-refractivity contribution in [1.29, 1.82) is 0 Å². The van der Waals surface area contributed by atoms with Gasteiger partial charge in [-0.2, -0.15) is 0 Å². The zero-order chi connectivity index (χ0) is 14.8. The average molecular weight is 362 g/mol. The molecule has 1 aliphatic rings. The number of nitrogens with zero attached hydrogens (tertiary/aromatic N) is 1. The van der Waals surface area contributed by atoms with Crippen molar-refractivity contribution >= 4 is 27.5 Å². The van der Waals surface area contributed by atoms with Gasteiger partial charge in [-0.15, -0.1) is 0 Å². The topological polar surface area (TPSA) is 38.5 Å². The van der Waals surface area contributed by atoms with Crippen LogP contribution in [0.4, 0.5) is 0 Å². The fourth-order valence-electron chi connectivity index (χ4n) is 2.92. The molecular formula is C15H22BrClN2O. The molecule has 2 unspecified atom stereocenters. The zero-order valence-electron chi connectivity index (χ0n) is 12.0. The third-order valence-corrected chi connectivity index (χ3v) is 5.12. The van der Waals surface area contributed by atoms with Crippen molar-refractivity contribution < 1.29 is 4.74 Å². The van der Waals surface area contributed by atoms with E-state index in [-0.39, 0.29) is 11.6 Å². The van der Waals surface area contributed by atoms with Crippen LogP contribution in [0.15, 0.2) is 22.7 Å². The van der Waals surface area contributed by atoms with Gasteiger partial charge in [-0.1, -0.05) is 27.5 Å². The monoisotopic (exact) mass is 360 g/mol. The summed E-state index contributed by atoms with van der Waals surface area (Å²) in [6.07, 6.45) is 2.22. The fraction of sp³-hybridized carbons (Fsp3) is 0.600. The molecule has 0 aromatic heterocycles. The highest BCUT2D eigenvalue weighted by molar-refractivity contribution is 9.10. The summed E-state index contributed by atoms with van der Waals surface area (Å²) < 4.78 is 6.73. The SMILES string of the molecule is COC1(C)CCCN(C(CN)c2cc(Cl)ccc2Br)C1. The van der Waals surface area contributed by atoms with E-state index >= 15 is 0 Å². The van der Waals surface area contributed by atoms with Crippen molar-refractivity contribution in [1.82, 2.24) is 4.90 Å². The Balaban J connectivity index is 2.25. The molecule has 0 amide bonds. The number of halogens is 2. The van der Waals surface area contributed by atoms with Gasteiger partial charge in [0.1, 0.15) is 0 Å². The van der Waals surface area contributed by atoms with Crippen LogP contribution < -0.4 is 5.73 Å².